The summed E-state index contributed by atoms with van der Waals surface area (Å²) in [5.74, 6) is -2.07. The monoisotopic (exact) mass is 426 g/mol. The fourth-order valence-electron chi connectivity index (χ4n) is 3.74. The second-order valence-electron chi connectivity index (χ2n) is 7.42. The van der Waals surface area contributed by atoms with Crippen LogP contribution < -0.4 is 10.6 Å². The molecule has 1 aliphatic rings. The number of benzene rings is 2. The molecule has 2 aromatic carbocycles. The van der Waals surface area contributed by atoms with Gasteiger partial charge in [0, 0.05) is 5.92 Å². The minimum atomic E-state index is -1.31. The molecule has 0 heterocycles. The average Bonchev–Trinajstić information content (AvgIpc) is 3.09. The first kappa shape index (κ1) is 22.3. The predicted octanol–water partition coefficient (Wildman–Crippen LogP) is 2.26. The number of aliphatic hydroxyl groups is 1. The molecule has 0 spiro atoms. The van der Waals surface area contributed by atoms with Crippen LogP contribution >= 0.6 is 0 Å². The summed E-state index contributed by atoms with van der Waals surface area (Å²) in [5, 5.41) is 23.2. The molecule has 2 aromatic rings. The molecule has 2 unspecified atom stereocenters. The Morgan fingerprint density at radius 2 is 1.58 bits per heavy atom. The maximum Gasteiger partial charge on any atom is 0.407 e. The van der Waals surface area contributed by atoms with Crippen LogP contribution in [0, 0.1) is 0 Å². The van der Waals surface area contributed by atoms with Crippen molar-refractivity contribution >= 4 is 18.0 Å². The van der Waals surface area contributed by atoms with E-state index in [1.54, 1.807) is 6.92 Å². The van der Waals surface area contributed by atoms with Crippen LogP contribution in [0.3, 0.4) is 0 Å². The molecule has 3 rings (SSSR count). The van der Waals surface area contributed by atoms with Gasteiger partial charge in [-0.05, 0) is 28.7 Å². The van der Waals surface area contributed by atoms with Crippen LogP contribution in [0.2, 0.25) is 0 Å². The summed E-state index contributed by atoms with van der Waals surface area (Å²) < 4.78 is 5.39. The third-order valence-electron chi connectivity index (χ3n) is 5.39. The number of alkyl carbamates (subject to hydrolysis) is 1. The number of amides is 2. The molecular weight excluding hydrogens is 400 g/mol. The number of hydrogen-bond donors (Lipinski definition) is 4. The van der Waals surface area contributed by atoms with Crippen molar-refractivity contribution in [2.75, 3.05) is 13.2 Å². The molecule has 0 aromatic heterocycles. The van der Waals surface area contributed by atoms with Gasteiger partial charge in [0.2, 0.25) is 5.91 Å². The summed E-state index contributed by atoms with van der Waals surface area (Å²) in [4.78, 5) is 35.9. The van der Waals surface area contributed by atoms with Crippen molar-refractivity contribution in [3.63, 3.8) is 0 Å². The van der Waals surface area contributed by atoms with E-state index in [1.807, 2.05) is 48.5 Å². The lowest BCUT2D eigenvalue weighted by Gasteiger charge is -2.21. The Kier molecular flexibility index (Phi) is 7.25. The molecule has 0 aliphatic heterocycles. The Bertz CT molecular complexity index is 911. The third kappa shape index (κ3) is 5.21. The minimum absolute atomic E-state index is 0.0511. The van der Waals surface area contributed by atoms with Gasteiger partial charge in [0.15, 0.2) is 0 Å². The molecule has 0 saturated heterocycles. The van der Waals surface area contributed by atoms with Gasteiger partial charge < -0.3 is 25.6 Å². The number of carbonyl (C=O) groups is 3. The minimum Gasteiger partial charge on any atom is -0.481 e. The average molecular weight is 426 g/mol. The zero-order chi connectivity index (χ0) is 22.4. The largest absolute Gasteiger partial charge is 0.481 e. The summed E-state index contributed by atoms with van der Waals surface area (Å²) in [6.45, 7) is 1.54. The molecule has 4 N–H and O–H groups in total. The van der Waals surface area contributed by atoms with Crippen molar-refractivity contribution in [3.05, 3.63) is 59.7 Å². The lowest BCUT2D eigenvalue weighted by atomic mass is 9.98. The smallest absolute Gasteiger partial charge is 0.407 e. The molecule has 2 amide bonds. The predicted molar refractivity (Wildman–Crippen MR) is 114 cm³/mol. The topological polar surface area (TPSA) is 125 Å². The Labute approximate surface area is 180 Å². The summed E-state index contributed by atoms with van der Waals surface area (Å²) in [5.41, 5.74) is 4.27. The third-order valence-corrected chi connectivity index (χ3v) is 5.39. The van der Waals surface area contributed by atoms with E-state index in [-0.39, 0.29) is 19.1 Å². The van der Waals surface area contributed by atoms with Crippen LogP contribution in [0.15, 0.2) is 48.5 Å². The normalized spacial score (nSPS) is 14.1. The number of aliphatic hydroxyl groups excluding tert-OH is 1. The van der Waals surface area contributed by atoms with Crippen LogP contribution in [0.5, 0.6) is 0 Å². The first-order valence-electron chi connectivity index (χ1n) is 10.2. The molecule has 2 atom stereocenters. The first-order valence-corrected chi connectivity index (χ1v) is 10.2. The second kappa shape index (κ2) is 10.1. The van der Waals surface area contributed by atoms with E-state index in [1.165, 1.54) is 0 Å². The van der Waals surface area contributed by atoms with Gasteiger partial charge in [0.1, 0.15) is 12.6 Å². The molecule has 0 bridgehead atoms. The fourth-order valence-corrected chi connectivity index (χ4v) is 3.74. The van der Waals surface area contributed by atoms with E-state index in [9.17, 15) is 19.5 Å². The molecular formula is C23H26N2O6. The number of aliphatic carboxylic acids is 1. The highest BCUT2D eigenvalue weighted by Crippen LogP contribution is 2.44. The number of nitrogens with one attached hydrogen (secondary N) is 2. The quantitative estimate of drug-likeness (QED) is 0.487. The highest BCUT2D eigenvalue weighted by Gasteiger charge is 2.30. The SMILES string of the molecule is CCC(CO)NC(=O)C(CC(=O)O)NC(=O)OCC1c2ccccc2-c2ccccc21. The number of carboxylic acid groups (broad SMARTS) is 1. The number of rotatable bonds is 9. The van der Waals surface area contributed by atoms with Gasteiger partial charge in [-0.2, -0.15) is 0 Å². The number of carboxylic acids is 1. The molecule has 8 heteroatoms. The molecule has 1 aliphatic carbocycles. The van der Waals surface area contributed by atoms with Crippen molar-refractivity contribution in [2.24, 2.45) is 0 Å². The maximum absolute atomic E-state index is 12.4. The van der Waals surface area contributed by atoms with E-state index >= 15 is 0 Å². The van der Waals surface area contributed by atoms with Gasteiger partial charge in [0.05, 0.1) is 19.1 Å². The molecule has 0 radical (unpaired) electrons. The number of carbonyl (C=O) groups excluding carboxylic acids is 2. The van der Waals surface area contributed by atoms with Crippen LogP contribution in [0.25, 0.3) is 11.1 Å². The van der Waals surface area contributed by atoms with E-state index in [0.29, 0.717) is 6.42 Å². The summed E-state index contributed by atoms with van der Waals surface area (Å²) in [6, 6.07) is 13.9. The van der Waals surface area contributed by atoms with Crippen molar-refractivity contribution in [2.45, 2.75) is 37.8 Å². The van der Waals surface area contributed by atoms with Gasteiger partial charge in [0.25, 0.3) is 0 Å². The summed E-state index contributed by atoms with van der Waals surface area (Å²) in [7, 11) is 0. The lowest BCUT2D eigenvalue weighted by Crippen LogP contribution is -2.51. The van der Waals surface area contributed by atoms with Crippen LogP contribution in [0.4, 0.5) is 4.79 Å². The molecule has 8 nitrogen and oxygen atoms in total. The van der Waals surface area contributed by atoms with Gasteiger partial charge in [-0.15, -0.1) is 0 Å². The molecule has 0 fully saturated rings. The Morgan fingerprint density at radius 1 is 1.00 bits per heavy atom. The van der Waals surface area contributed by atoms with E-state index in [4.69, 9.17) is 9.84 Å². The van der Waals surface area contributed by atoms with Crippen LogP contribution in [0.1, 0.15) is 36.8 Å². The van der Waals surface area contributed by atoms with Crippen molar-refractivity contribution in [1.82, 2.24) is 10.6 Å². The van der Waals surface area contributed by atoms with Gasteiger partial charge in [-0.3, -0.25) is 9.59 Å². The van der Waals surface area contributed by atoms with E-state index < -0.39 is 36.5 Å². The highest BCUT2D eigenvalue weighted by atomic mass is 16.5. The number of hydrogen-bond acceptors (Lipinski definition) is 5. The van der Waals surface area contributed by atoms with Crippen molar-refractivity contribution < 1.29 is 29.3 Å². The van der Waals surface area contributed by atoms with E-state index in [2.05, 4.69) is 10.6 Å². The van der Waals surface area contributed by atoms with Gasteiger partial charge >= 0.3 is 12.1 Å². The summed E-state index contributed by atoms with van der Waals surface area (Å²) >= 11 is 0. The molecule has 164 valence electrons. The molecule has 31 heavy (non-hydrogen) atoms. The maximum atomic E-state index is 12.4. The second-order valence-corrected chi connectivity index (χ2v) is 7.42. The Hall–Kier alpha value is -3.39. The van der Waals surface area contributed by atoms with Crippen LogP contribution in [-0.2, 0) is 14.3 Å². The summed E-state index contributed by atoms with van der Waals surface area (Å²) in [6.07, 6.45) is -1.01. The van der Waals surface area contributed by atoms with Crippen molar-refractivity contribution in [3.8, 4) is 11.1 Å². The van der Waals surface area contributed by atoms with Gasteiger partial charge in [-0.25, -0.2) is 4.79 Å². The molecule has 0 saturated carbocycles. The zero-order valence-corrected chi connectivity index (χ0v) is 17.2. The zero-order valence-electron chi connectivity index (χ0n) is 17.2. The van der Waals surface area contributed by atoms with E-state index in [0.717, 1.165) is 22.3 Å². The Morgan fingerprint density at radius 3 is 2.10 bits per heavy atom. The standard InChI is InChI=1S/C23H26N2O6/c1-2-14(12-26)24-22(29)20(11-21(27)28)25-23(30)31-13-19-17-9-5-3-7-15(17)16-8-4-6-10-18(16)19/h3-10,14,19-20,26H,2,11-13H2,1H3,(H,24,29)(H,25,30)(H,27,28). The lowest BCUT2D eigenvalue weighted by molar-refractivity contribution is -0.140. The number of fused-ring (bicyclic) bond motifs is 3. The van der Waals surface area contributed by atoms with Gasteiger partial charge in [-0.1, -0.05) is 55.5 Å². The fraction of sp³-hybridized carbons (Fsp3) is 0.348. The van der Waals surface area contributed by atoms with Crippen LogP contribution in [-0.4, -0.2) is 53.5 Å². The van der Waals surface area contributed by atoms with Crippen molar-refractivity contribution in [1.29, 1.82) is 0 Å². The number of ether oxygens (including phenoxy) is 1. The highest BCUT2D eigenvalue weighted by molar-refractivity contribution is 5.89. The Balaban J connectivity index is 1.66. The first-order chi connectivity index (χ1) is 14.9.